The first-order valence-electron chi connectivity index (χ1n) is 4.21. The highest BCUT2D eigenvalue weighted by molar-refractivity contribution is 5.83. The molecule has 4 nitrogen and oxygen atoms in total. The predicted molar refractivity (Wildman–Crippen MR) is 39.5 cm³/mol. The van der Waals surface area contributed by atoms with E-state index < -0.39 is 11.9 Å². The van der Waals surface area contributed by atoms with Crippen LogP contribution in [0, 0.1) is 0 Å². The number of aliphatic hydroxyl groups excluding tert-OH is 1. The Hall–Kier alpha value is -0.450. The third kappa shape index (κ3) is 1.26. The van der Waals surface area contributed by atoms with E-state index in [0.717, 1.165) is 0 Å². The lowest BCUT2D eigenvalue weighted by atomic mass is 9.91. The van der Waals surface area contributed by atoms with E-state index in [1.54, 1.807) is 0 Å². The van der Waals surface area contributed by atoms with Crippen molar-refractivity contribution >= 4 is 5.78 Å². The average molecular weight is 172 g/mol. The summed E-state index contributed by atoms with van der Waals surface area (Å²) >= 11 is 0. The Labute approximate surface area is 70.5 Å². The van der Waals surface area contributed by atoms with Gasteiger partial charge >= 0.3 is 0 Å². The fourth-order valence-electron chi connectivity index (χ4n) is 1.75. The van der Waals surface area contributed by atoms with Crippen LogP contribution < -0.4 is 0 Å². The molecule has 2 rings (SSSR count). The smallest absolute Gasteiger partial charge is 0.171 e. The largest absolute Gasteiger partial charge is 0.385 e. The third-order valence-corrected chi connectivity index (χ3v) is 2.44. The lowest BCUT2D eigenvalue weighted by molar-refractivity contribution is -0.196. The molecule has 1 N–H and O–H groups in total. The van der Waals surface area contributed by atoms with Crippen molar-refractivity contribution in [3.63, 3.8) is 0 Å². The molecule has 4 heteroatoms. The minimum atomic E-state index is -0.892. The topological polar surface area (TPSA) is 55.8 Å². The molecule has 12 heavy (non-hydrogen) atoms. The van der Waals surface area contributed by atoms with E-state index in [-0.39, 0.29) is 5.78 Å². The summed E-state index contributed by atoms with van der Waals surface area (Å²) in [6.45, 7) is 1.14. The molecule has 1 atom stereocenters. The van der Waals surface area contributed by atoms with Gasteiger partial charge in [-0.05, 0) is 0 Å². The van der Waals surface area contributed by atoms with E-state index in [4.69, 9.17) is 9.47 Å². The van der Waals surface area contributed by atoms with Gasteiger partial charge in [0.15, 0.2) is 11.6 Å². The zero-order valence-corrected chi connectivity index (χ0v) is 6.78. The molecule has 2 fully saturated rings. The number of carbonyl (C=O) groups is 1. The molecule has 0 aromatic carbocycles. The van der Waals surface area contributed by atoms with Crippen molar-refractivity contribution < 1.29 is 19.4 Å². The number of carbonyl (C=O) groups excluding carboxylic acids is 1. The standard InChI is InChI=1S/C8H12O4/c9-6-1-2-8(5-7(6)10)11-3-4-12-8/h7,10H,1-5H2/t7-/m1/s1. The second-order valence-corrected chi connectivity index (χ2v) is 3.29. The number of hydrogen-bond donors (Lipinski definition) is 1. The maximum Gasteiger partial charge on any atom is 0.171 e. The maximum atomic E-state index is 11.0. The van der Waals surface area contributed by atoms with Gasteiger partial charge in [-0.3, -0.25) is 4.79 Å². The lowest BCUT2D eigenvalue weighted by Gasteiger charge is -2.32. The van der Waals surface area contributed by atoms with Crippen molar-refractivity contribution in [1.82, 2.24) is 0 Å². The summed E-state index contributed by atoms with van der Waals surface area (Å²) in [5.74, 6) is -0.743. The summed E-state index contributed by atoms with van der Waals surface area (Å²) < 4.78 is 10.7. The van der Waals surface area contributed by atoms with Gasteiger partial charge in [-0.15, -0.1) is 0 Å². The van der Waals surface area contributed by atoms with Gasteiger partial charge < -0.3 is 14.6 Å². The minimum absolute atomic E-state index is 0.0975. The van der Waals surface area contributed by atoms with Crippen molar-refractivity contribution in [3.8, 4) is 0 Å². The van der Waals surface area contributed by atoms with Crippen LogP contribution in [0.15, 0.2) is 0 Å². The number of ketones is 1. The van der Waals surface area contributed by atoms with Crippen LogP contribution in [-0.2, 0) is 14.3 Å². The van der Waals surface area contributed by atoms with Crippen LogP contribution in [0.2, 0.25) is 0 Å². The van der Waals surface area contributed by atoms with Crippen LogP contribution in [0.5, 0.6) is 0 Å². The molecule has 1 aliphatic heterocycles. The molecule has 0 amide bonds. The maximum absolute atomic E-state index is 11.0. The van der Waals surface area contributed by atoms with E-state index in [1.165, 1.54) is 0 Å². The van der Waals surface area contributed by atoms with Gasteiger partial charge in [0.25, 0.3) is 0 Å². The number of ether oxygens (including phenoxy) is 2. The average Bonchev–Trinajstić information content (AvgIpc) is 2.47. The first-order chi connectivity index (χ1) is 5.72. The van der Waals surface area contributed by atoms with Gasteiger partial charge in [0.2, 0.25) is 0 Å². The molecule has 68 valence electrons. The first kappa shape index (κ1) is 8.16. The Morgan fingerprint density at radius 1 is 1.42 bits per heavy atom. The molecule has 1 saturated carbocycles. The highest BCUT2D eigenvalue weighted by Gasteiger charge is 2.43. The van der Waals surface area contributed by atoms with Crippen molar-refractivity contribution in [1.29, 1.82) is 0 Å². The highest BCUT2D eigenvalue weighted by atomic mass is 16.7. The van der Waals surface area contributed by atoms with E-state index in [2.05, 4.69) is 0 Å². The SMILES string of the molecule is O=C1CCC2(C[C@H]1O)OCCO2. The van der Waals surface area contributed by atoms with Crippen LogP contribution in [0.1, 0.15) is 19.3 Å². The third-order valence-electron chi connectivity index (χ3n) is 2.44. The molecular formula is C8H12O4. The van der Waals surface area contributed by atoms with E-state index >= 15 is 0 Å². The minimum Gasteiger partial charge on any atom is -0.385 e. The Morgan fingerprint density at radius 2 is 2.08 bits per heavy atom. The summed E-state index contributed by atoms with van der Waals surface area (Å²) in [5.41, 5.74) is 0. The van der Waals surface area contributed by atoms with Crippen LogP contribution >= 0.6 is 0 Å². The van der Waals surface area contributed by atoms with Crippen molar-refractivity contribution in [2.45, 2.75) is 31.2 Å². The zero-order valence-electron chi connectivity index (χ0n) is 6.78. The molecule has 2 aliphatic rings. The summed E-state index contributed by atoms with van der Waals surface area (Å²) in [6.07, 6.45) is 0.354. The first-order valence-corrected chi connectivity index (χ1v) is 4.21. The predicted octanol–water partition coefficient (Wildman–Crippen LogP) is -0.157. The summed E-state index contributed by atoms with van der Waals surface area (Å²) in [4.78, 5) is 11.0. The number of aliphatic hydroxyl groups is 1. The van der Waals surface area contributed by atoms with Crippen LogP contribution in [0.4, 0.5) is 0 Å². The van der Waals surface area contributed by atoms with Crippen molar-refractivity contribution in [3.05, 3.63) is 0 Å². The normalized spacial score (nSPS) is 34.4. The molecular weight excluding hydrogens is 160 g/mol. The second-order valence-electron chi connectivity index (χ2n) is 3.29. The Morgan fingerprint density at radius 3 is 2.67 bits per heavy atom. The van der Waals surface area contributed by atoms with Crippen LogP contribution in [0.3, 0.4) is 0 Å². The van der Waals surface area contributed by atoms with Crippen molar-refractivity contribution in [2.75, 3.05) is 13.2 Å². The monoisotopic (exact) mass is 172 g/mol. The van der Waals surface area contributed by atoms with E-state index in [0.29, 0.717) is 32.5 Å². The molecule has 0 unspecified atom stereocenters. The molecule has 1 spiro atoms. The number of hydrogen-bond acceptors (Lipinski definition) is 4. The van der Waals surface area contributed by atoms with Gasteiger partial charge in [-0.25, -0.2) is 0 Å². The molecule has 0 aromatic rings. The van der Waals surface area contributed by atoms with Gasteiger partial charge in [-0.1, -0.05) is 0 Å². The van der Waals surface area contributed by atoms with Crippen LogP contribution in [0.25, 0.3) is 0 Å². The van der Waals surface area contributed by atoms with Crippen LogP contribution in [-0.4, -0.2) is 36.0 Å². The fraction of sp³-hybridized carbons (Fsp3) is 0.875. The zero-order chi connectivity index (χ0) is 8.60. The summed E-state index contributed by atoms with van der Waals surface area (Å²) in [5, 5.41) is 9.29. The Balaban J connectivity index is 2.05. The number of Topliss-reactive ketones (excluding diaryl/α,β-unsaturated/α-hetero) is 1. The summed E-state index contributed by atoms with van der Waals surface area (Å²) in [7, 11) is 0. The number of rotatable bonds is 0. The molecule has 0 radical (unpaired) electrons. The quantitative estimate of drug-likeness (QED) is 0.551. The van der Waals surface area contributed by atoms with Gasteiger partial charge in [-0.2, -0.15) is 0 Å². The van der Waals surface area contributed by atoms with Gasteiger partial charge in [0.05, 0.1) is 13.2 Å². The molecule has 1 aliphatic carbocycles. The Bertz CT molecular complexity index is 195. The molecule has 1 heterocycles. The van der Waals surface area contributed by atoms with E-state index in [1.807, 2.05) is 0 Å². The van der Waals surface area contributed by atoms with Gasteiger partial charge in [0, 0.05) is 19.3 Å². The second kappa shape index (κ2) is 2.80. The fourth-order valence-corrected chi connectivity index (χ4v) is 1.75. The molecule has 0 bridgehead atoms. The Kier molecular flexibility index (Phi) is 1.90. The van der Waals surface area contributed by atoms with E-state index in [9.17, 15) is 9.90 Å². The summed E-state index contributed by atoms with van der Waals surface area (Å²) in [6, 6.07) is 0. The molecule has 0 aromatic heterocycles. The van der Waals surface area contributed by atoms with Gasteiger partial charge in [0.1, 0.15) is 6.10 Å². The van der Waals surface area contributed by atoms with Crippen molar-refractivity contribution in [2.24, 2.45) is 0 Å². The lowest BCUT2D eigenvalue weighted by Crippen LogP contribution is -2.43. The highest BCUT2D eigenvalue weighted by Crippen LogP contribution is 2.34. The molecule has 1 saturated heterocycles.